The topological polar surface area (TPSA) is 84.2 Å². The molecule has 0 aromatic carbocycles. The Bertz CT molecular complexity index is 499. The van der Waals surface area contributed by atoms with Gasteiger partial charge in [0, 0.05) is 19.6 Å². The summed E-state index contributed by atoms with van der Waals surface area (Å²) in [6.45, 7) is 0.881. The Morgan fingerprint density at radius 2 is 2.21 bits per heavy atom. The van der Waals surface area contributed by atoms with Crippen molar-refractivity contribution in [1.29, 1.82) is 0 Å². The van der Waals surface area contributed by atoms with Crippen LogP contribution in [0.2, 0.25) is 0 Å². The first kappa shape index (κ1) is 12.1. The van der Waals surface area contributed by atoms with E-state index in [0.717, 1.165) is 19.4 Å². The summed E-state index contributed by atoms with van der Waals surface area (Å²) >= 11 is 0. The van der Waals surface area contributed by atoms with Crippen LogP contribution in [0.25, 0.3) is 0 Å². The van der Waals surface area contributed by atoms with Gasteiger partial charge in [-0.3, -0.25) is 10.1 Å². The second kappa shape index (κ2) is 4.64. The largest absolute Gasteiger partial charge is 0.357 e. The normalized spacial score (nSPS) is 18.2. The maximum Gasteiger partial charge on any atom is 0.329 e. The zero-order chi connectivity index (χ0) is 13.4. The van der Waals surface area contributed by atoms with Gasteiger partial charge in [-0.2, -0.15) is 4.98 Å². The number of hydrogen-bond donors (Lipinski definition) is 1. The molecule has 0 saturated heterocycles. The Kier molecular flexibility index (Phi) is 2.96. The Balaban J connectivity index is 1.95. The van der Waals surface area contributed by atoms with Gasteiger partial charge in [-0.25, -0.2) is 4.98 Å². The van der Waals surface area contributed by atoms with Crippen molar-refractivity contribution in [3.05, 3.63) is 16.3 Å². The molecule has 1 aromatic heterocycles. The van der Waals surface area contributed by atoms with Crippen LogP contribution < -0.4 is 10.2 Å². The average molecular weight is 263 g/mol. The van der Waals surface area contributed by atoms with Crippen molar-refractivity contribution in [3.8, 4) is 0 Å². The summed E-state index contributed by atoms with van der Waals surface area (Å²) < 4.78 is 0. The summed E-state index contributed by atoms with van der Waals surface area (Å²) in [5, 5.41) is 14.0. The van der Waals surface area contributed by atoms with E-state index in [4.69, 9.17) is 0 Å². The number of hydrogen-bond acceptors (Lipinski definition) is 6. The third-order valence-corrected chi connectivity index (χ3v) is 3.58. The highest BCUT2D eigenvalue weighted by Gasteiger charge is 2.37. The van der Waals surface area contributed by atoms with E-state index in [1.807, 2.05) is 0 Å². The monoisotopic (exact) mass is 263 g/mol. The quantitative estimate of drug-likeness (QED) is 0.622. The standard InChI is InChI=1S/C12H17N5O2/c1-13-12-14-6-10(17(18)19)11(15-12)16(9-4-5-9)7-8-2-3-8/h6,8-9H,2-5,7H2,1H3,(H,13,14,15). The van der Waals surface area contributed by atoms with Gasteiger partial charge >= 0.3 is 5.69 Å². The fourth-order valence-electron chi connectivity index (χ4n) is 2.20. The minimum absolute atomic E-state index is 0.00606. The molecule has 1 aromatic rings. The molecule has 0 unspecified atom stereocenters. The summed E-state index contributed by atoms with van der Waals surface area (Å²) in [5.41, 5.74) is 0.00606. The van der Waals surface area contributed by atoms with Gasteiger partial charge in [0.15, 0.2) is 0 Å². The molecular weight excluding hydrogens is 246 g/mol. The van der Waals surface area contributed by atoms with E-state index >= 15 is 0 Å². The number of nitrogens with zero attached hydrogens (tertiary/aromatic N) is 4. The molecule has 3 rings (SSSR count). The van der Waals surface area contributed by atoms with Crippen molar-refractivity contribution in [3.63, 3.8) is 0 Å². The Hall–Kier alpha value is -1.92. The molecule has 7 nitrogen and oxygen atoms in total. The molecular formula is C12H17N5O2. The predicted molar refractivity (Wildman–Crippen MR) is 71.3 cm³/mol. The molecule has 0 aliphatic heterocycles. The van der Waals surface area contributed by atoms with Crippen LogP contribution in [0.1, 0.15) is 25.7 Å². The highest BCUT2D eigenvalue weighted by Crippen LogP contribution is 2.39. The van der Waals surface area contributed by atoms with Crippen LogP contribution in [-0.2, 0) is 0 Å². The number of rotatable bonds is 6. The van der Waals surface area contributed by atoms with E-state index in [-0.39, 0.29) is 5.69 Å². The maximum atomic E-state index is 11.1. The van der Waals surface area contributed by atoms with E-state index in [2.05, 4.69) is 20.2 Å². The van der Waals surface area contributed by atoms with Crippen molar-refractivity contribution in [2.45, 2.75) is 31.7 Å². The Morgan fingerprint density at radius 1 is 1.47 bits per heavy atom. The van der Waals surface area contributed by atoms with E-state index in [1.165, 1.54) is 19.0 Å². The molecule has 1 N–H and O–H groups in total. The summed E-state index contributed by atoms with van der Waals surface area (Å²) in [6, 6.07) is 0.416. The highest BCUT2D eigenvalue weighted by atomic mass is 16.6. The lowest BCUT2D eigenvalue weighted by molar-refractivity contribution is -0.384. The molecule has 19 heavy (non-hydrogen) atoms. The van der Waals surface area contributed by atoms with Crippen LogP contribution in [0.3, 0.4) is 0 Å². The van der Waals surface area contributed by atoms with Crippen molar-refractivity contribution < 1.29 is 4.92 Å². The zero-order valence-corrected chi connectivity index (χ0v) is 10.9. The fraction of sp³-hybridized carbons (Fsp3) is 0.667. The minimum Gasteiger partial charge on any atom is -0.357 e. The van der Waals surface area contributed by atoms with Gasteiger partial charge in [-0.1, -0.05) is 0 Å². The van der Waals surface area contributed by atoms with Crippen LogP contribution in [-0.4, -0.2) is 34.5 Å². The fourth-order valence-corrected chi connectivity index (χ4v) is 2.20. The first-order valence-corrected chi connectivity index (χ1v) is 6.65. The van der Waals surface area contributed by atoms with Gasteiger partial charge in [0.2, 0.25) is 11.8 Å². The van der Waals surface area contributed by atoms with E-state index < -0.39 is 4.92 Å². The molecule has 102 valence electrons. The highest BCUT2D eigenvalue weighted by molar-refractivity contribution is 5.60. The molecule has 0 spiro atoms. The van der Waals surface area contributed by atoms with Crippen LogP contribution >= 0.6 is 0 Å². The molecule has 0 bridgehead atoms. The predicted octanol–water partition coefficient (Wildman–Crippen LogP) is 1.81. The summed E-state index contributed by atoms with van der Waals surface area (Å²) in [4.78, 5) is 21.1. The molecule has 0 amide bonds. The summed E-state index contributed by atoms with van der Waals surface area (Å²) in [5.74, 6) is 1.58. The Labute approximate surface area is 111 Å². The van der Waals surface area contributed by atoms with Gasteiger partial charge in [-0.05, 0) is 31.6 Å². The van der Waals surface area contributed by atoms with Crippen LogP contribution in [0.5, 0.6) is 0 Å². The SMILES string of the molecule is CNc1ncc([N+](=O)[O-])c(N(CC2CC2)C2CC2)n1. The van der Waals surface area contributed by atoms with Crippen LogP contribution in [0.4, 0.5) is 17.5 Å². The molecule has 1 heterocycles. The number of aromatic nitrogens is 2. The van der Waals surface area contributed by atoms with Crippen LogP contribution in [0, 0.1) is 16.0 Å². The van der Waals surface area contributed by atoms with Crippen molar-refractivity contribution in [2.75, 3.05) is 23.8 Å². The molecule has 2 saturated carbocycles. The number of nitrogens with one attached hydrogen (secondary N) is 1. The summed E-state index contributed by atoms with van der Waals surface area (Å²) in [6.07, 6.45) is 5.95. The first-order valence-electron chi connectivity index (χ1n) is 6.65. The van der Waals surface area contributed by atoms with Gasteiger partial charge in [-0.15, -0.1) is 0 Å². The second-order valence-corrected chi connectivity index (χ2v) is 5.24. The average Bonchev–Trinajstić information content (AvgIpc) is 3.27. The van der Waals surface area contributed by atoms with Gasteiger partial charge < -0.3 is 10.2 Å². The summed E-state index contributed by atoms with van der Waals surface area (Å²) in [7, 11) is 1.72. The first-order chi connectivity index (χ1) is 9.19. The van der Waals surface area contributed by atoms with Crippen molar-refractivity contribution in [2.24, 2.45) is 5.92 Å². The molecule has 2 aliphatic carbocycles. The van der Waals surface area contributed by atoms with E-state index in [0.29, 0.717) is 23.7 Å². The van der Waals surface area contributed by atoms with Crippen LogP contribution in [0.15, 0.2) is 6.20 Å². The lowest BCUT2D eigenvalue weighted by Gasteiger charge is -2.23. The second-order valence-electron chi connectivity index (χ2n) is 5.24. The maximum absolute atomic E-state index is 11.1. The molecule has 2 aliphatic rings. The van der Waals surface area contributed by atoms with Gasteiger partial charge in [0.05, 0.1) is 4.92 Å². The van der Waals surface area contributed by atoms with E-state index in [9.17, 15) is 10.1 Å². The van der Waals surface area contributed by atoms with E-state index in [1.54, 1.807) is 7.05 Å². The Morgan fingerprint density at radius 3 is 2.74 bits per heavy atom. The zero-order valence-electron chi connectivity index (χ0n) is 10.9. The third-order valence-electron chi connectivity index (χ3n) is 3.58. The number of anilines is 2. The number of nitro groups is 1. The lowest BCUT2D eigenvalue weighted by Crippen LogP contribution is -2.30. The minimum atomic E-state index is -0.392. The smallest absolute Gasteiger partial charge is 0.329 e. The molecule has 0 atom stereocenters. The molecule has 7 heteroatoms. The third kappa shape index (κ3) is 2.59. The molecule has 2 fully saturated rings. The van der Waals surface area contributed by atoms with Crippen molar-refractivity contribution >= 4 is 17.5 Å². The van der Waals surface area contributed by atoms with Gasteiger partial charge in [0.25, 0.3) is 0 Å². The van der Waals surface area contributed by atoms with Crippen molar-refractivity contribution in [1.82, 2.24) is 9.97 Å². The molecule has 0 radical (unpaired) electrons. The van der Waals surface area contributed by atoms with Gasteiger partial charge in [0.1, 0.15) is 6.20 Å². The lowest BCUT2D eigenvalue weighted by atomic mass is 10.3.